The van der Waals surface area contributed by atoms with Gasteiger partial charge in [-0.25, -0.2) is 9.07 Å². The highest BCUT2D eigenvalue weighted by atomic mass is 32.1. The van der Waals surface area contributed by atoms with Crippen molar-refractivity contribution >= 4 is 23.2 Å². The maximum Gasteiger partial charge on any atom is 0.273 e. The fraction of sp³-hybridized carbons (Fsp3) is 0.0455. The highest BCUT2D eigenvalue weighted by molar-refractivity contribution is 7.13. The van der Waals surface area contributed by atoms with Gasteiger partial charge in [-0.3, -0.25) is 20.4 Å². The van der Waals surface area contributed by atoms with E-state index in [0.717, 1.165) is 10.6 Å². The summed E-state index contributed by atoms with van der Waals surface area (Å²) in [6.07, 6.45) is 1.65. The number of carbonyl (C=O) groups excluding carboxylic acids is 2. The van der Waals surface area contributed by atoms with Crippen LogP contribution in [0.15, 0.2) is 78.3 Å². The Morgan fingerprint density at radius 1 is 0.967 bits per heavy atom. The zero-order valence-corrected chi connectivity index (χ0v) is 16.5. The number of aromatic nitrogens is 2. The van der Waals surface area contributed by atoms with E-state index in [2.05, 4.69) is 16.0 Å². The van der Waals surface area contributed by atoms with Crippen molar-refractivity contribution in [2.45, 2.75) is 6.42 Å². The van der Waals surface area contributed by atoms with Crippen molar-refractivity contribution in [2.24, 2.45) is 0 Å². The number of halogens is 1. The first-order chi connectivity index (χ1) is 14.6. The molecule has 0 unspecified atom stereocenters. The van der Waals surface area contributed by atoms with Crippen LogP contribution in [0.5, 0.6) is 0 Å². The molecule has 0 atom stereocenters. The quantitative estimate of drug-likeness (QED) is 0.483. The van der Waals surface area contributed by atoms with Crippen molar-refractivity contribution in [3.63, 3.8) is 0 Å². The molecule has 2 amide bonds. The fourth-order valence-electron chi connectivity index (χ4n) is 2.87. The number of hydrogen-bond acceptors (Lipinski definition) is 4. The van der Waals surface area contributed by atoms with Crippen LogP contribution >= 0.6 is 11.3 Å². The average molecular weight is 420 g/mol. The molecule has 0 radical (unpaired) electrons. The molecule has 30 heavy (non-hydrogen) atoms. The molecule has 0 spiro atoms. The van der Waals surface area contributed by atoms with Crippen molar-refractivity contribution in [1.82, 2.24) is 20.6 Å². The molecule has 0 bridgehead atoms. The van der Waals surface area contributed by atoms with Crippen molar-refractivity contribution in [1.29, 1.82) is 0 Å². The molecule has 8 heteroatoms. The van der Waals surface area contributed by atoms with E-state index in [-0.39, 0.29) is 12.2 Å². The summed E-state index contributed by atoms with van der Waals surface area (Å²) in [6, 6.07) is 18.8. The SMILES string of the molecule is O=C(Cc1ccc(F)cc1)NNC(=O)c1cn(-c2ccccc2)nc1-c1cccs1. The molecule has 0 saturated carbocycles. The van der Waals surface area contributed by atoms with E-state index < -0.39 is 11.8 Å². The molecule has 2 heterocycles. The van der Waals surface area contributed by atoms with Crippen LogP contribution in [0.25, 0.3) is 16.3 Å². The zero-order chi connectivity index (χ0) is 20.9. The molecule has 4 aromatic rings. The van der Waals surface area contributed by atoms with E-state index in [1.165, 1.54) is 35.6 Å². The Hall–Kier alpha value is -3.78. The molecule has 2 aromatic carbocycles. The van der Waals surface area contributed by atoms with Crippen LogP contribution in [0.3, 0.4) is 0 Å². The minimum absolute atomic E-state index is 0.0155. The van der Waals surface area contributed by atoms with Crippen molar-refractivity contribution in [3.05, 3.63) is 95.3 Å². The molecule has 0 aliphatic carbocycles. The first-order valence-corrected chi connectivity index (χ1v) is 10.0. The van der Waals surface area contributed by atoms with E-state index in [1.54, 1.807) is 10.9 Å². The number of para-hydroxylation sites is 1. The summed E-state index contributed by atoms with van der Waals surface area (Å²) in [6.45, 7) is 0. The van der Waals surface area contributed by atoms with Crippen molar-refractivity contribution in [2.75, 3.05) is 0 Å². The summed E-state index contributed by atoms with van der Waals surface area (Å²) in [7, 11) is 0. The first-order valence-electron chi connectivity index (χ1n) is 9.13. The predicted octanol–water partition coefficient (Wildman–Crippen LogP) is 3.74. The van der Waals surface area contributed by atoms with Gasteiger partial charge in [0.1, 0.15) is 11.5 Å². The molecule has 150 valence electrons. The minimum Gasteiger partial charge on any atom is -0.273 e. The molecule has 0 aliphatic heterocycles. The molecule has 0 fully saturated rings. The number of carbonyl (C=O) groups is 2. The van der Waals surface area contributed by atoms with Crippen molar-refractivity contribution < 1.29 is 14.0 Å². The van der Waals surface area contributed by atoms with Crippen LogP contribution in [-0.4, -0.2) is 21.6 Å². The van der Waals surface area contributed by atoms with Gasteiger partial charge in [-0.2, -0.15) is 5.10 Å². The molecule has 2 N–H and O–H groups in total. The van der Waals surface area contributed by atoms with Crippen molar-refractivity contribution in [3.8, 4) is 16.3 Å². The van der Waals surface area contributed by atoms with Gasteiger partial charge >= 0.3 is 0 Å². The number of rotatable bonds is 5. The highest BCUT2D eigenvalue weighted by Gasteiger charge is 2.20. The third-order valence-corrected chi connectivity index (χ3v) is 5.20. The topological polar surface area (TPSA) is 76.0 Å². The molecule has 0 saturated heterocycles. The van der Waals surface area contributed by atoms with Crippen LogP contribution in [0.2, 0.25) is 0 Å². The Bertz CT molecular complexity index is 1160. The predicted molar refractivity (Wildman–Crippen MR) is 113 cm³/mol. The fourth-order valence-corrected chi connectivity index (χ4v) is 3.60. The normalized spacial score (nSPS) is 10.6. The lowest BCUT2D eigenvalue weighted by Gasteiger charge is -2.07. The average Bonchev–Trinajstić information content (AvgIpc) is 3.44. The molecule has 4 rings (SSSR count). The Kier molecular flexibility index (Phi) is 5.67. The lowest BCUT2D eigenvalue weighted by Crippen LogP contribution is -2.42. The second-order valence-corrected chi connectivity index (χ2v) is 7.40. The molecule has 2 aromatic heterocycles. The van der Waals surface area contributed by atoms with E-state index in [0.29, 0.717) is 16.8 Å². The summed E-state index contributed by atoms with van der Waals surface area (Å²) >= 11 is 1.47. The monoisotopic (exact) mass is 420 g/mol. The van der Waals surface area contributed by atoms with Gasteiger partial charge in [-0.15, -0.1) is 11.3 Å². The van der Waals surface area contributed by atoms with Gasteiger partial charge in [0.15, 0.2) is 0 Å². The van der Waals surface area contributed by atoms with E-state index >= 15 is 0 Å². The molecule has 6 nitrogen and oxygen atoms in total. The molecular weight excluding hydrogens is 403 g/mol. The Labute approximate surface area is 176 Å². The number of benzene rings is 2. The summed E-state index contributed by atoms with van der Waals surface area (Å²) in [5.74, 6) is -1.26. The Balaban J connectivity index is 1.50. The van der Waals surface area contributed by atoms with Crippen LogP contribution in [-0.2, 0) is 11.2 Å². The van der Waals surface area contributed by atoms with Gasteiger partial charge in [0.25, 0.3) is 5.91 Å². The van der Waals surface area contributed by atoms with E-state index in [9.17, 15) is 14.0 Å². The summed E-state index contributed by atoms with van der Waals surface area (Å²) in [4.78, 5) is 25.8. The van der Waals surface area contributed by atoms with E-state index in [1.807, 2.05) is 47.8 Å². The largest absolute Gasteiger partial charge is 0.273 e. The highest BCUT2D eigenvalue weighted by Crippen LogP contribution is 2.27. The van der Waals surface area contributed by atoms with Crippen LogP contribution in [0.1, 0.15) is 15.9 Å². The maximum atomic E-state index is 13.0. The Morgan fingerprint density at radius 3 is 2.43 bits per heavy atom. The number of hydrazine groups is 1. The summed E-state index contributed by atoms with van der Waals surface area (Å²) < 4.78 is 14.6. The number of nitrogens with zero attached hydrogens (tertiary/aromatic N) is 2. The third kappa shape index (κ3) is 4.44. The number of thiophene rings is 1. The lowest BCUT2D eigenvalue weighted by molar-refractivity contribution is -0.121. The summed E-state index contributed by atoms with van der Waals surface area (Å²) in [5.41, 5.74) is 7.15. The third-order valence-electron chi connectivity index (χ3n) is 4.33. The van der Waals surface area contributed by atoms with Gasteiger partial charge in [0.2, 0.25) is 5.91 Å². The molecular formula is C22H17FN4O2S. The van der Waals surface area contributed by atoms with Gasteiger partial charge in [0.05, 0.1) is 22.5 Å². The second kappa shape index (κ2) is 8.71. The van der Waals surface area contributed by atoms with Crippen LogP contribution in [0.4, 0.5) is 4.39 Å². The van der Waals surface area contributed by atoms with Crippen LogP contribution in [0, 0.1) is 5.82 Å². The second-order valence-electron chi connectivity index (χ2n) is 6.45. The number of hydrogen-bond donors (Lipinski definition) is 2. The zero-order valence-electron chi connectivity index (χ0n) is 15.7. The smallest absolute Gasteiger partial charge is 0.273 e. The standard InChI is InChI=1S/C22H17FN4O2S/c23-16-10-8-15(9-11-16)13-20(28)24-25-22(29)18-14-27(17-5-2-1-3-6-17)26-21(18)19-7-4-12-30-19/h1-12,14H,13H2,(H,24,28)(H,25,29). The van der Waals surface area contributed by atoms with Crippen LogP contribution < -0.4 is 10.9 Å². The Morgan fingerprint density at radius 2 is 1.73 bits per heavy atom. The lowest BCUT2D eigenvalue weighted by atomic mass is 10.1. The number of nitrogens with one attached hydrogen (secondary N) is 2. The summed E-state index contributed by atoms with van der Waals surface area (Å²) in [5, 5.41) is 6.47. The number of amides is 2. The minimum atomic E-state index is -0.479. The van der Waals surface area contributed by atoms with Gasteiger partial charge in [0, 0.05) is 6.20 Å². The first kappa shape index (κ1) is 19.5. The van der Waals surface area contributed by atoms with Gasteiger partial charge in [-0.05, 0) is 41.3 Å². The van der Waals surface area contributed by atoms with Gasteiger partial charge < -0.3 is 0 Å². The van der Waals surface area contributed by atoms with E-state index in [4.69, 9.17) is 0 Å². The maximum absolute atomic E-state index is 13.0. The molecule has 0 aliphatic rings. The van der Waals surface area contributed by atoms with Gasteiger partial charge in [-0.1, -0.05) is 36.4 Å².